The van der Waals surface area contributed by atoms with Gasteiger partial charge < -0.3 is 24.0 Å². The lowest BCUT2D eigenvalue weighted by Gasteiger charge is -2.26. The van der Waals surface area contributed by atoms with Crippen molar-refractivity contribution in [3.63, 3.8) is 0 Å². The van der Waals surface area contributed by atoms with Gasteiger partial charge in [-0.25, -0.2) is 4.98 Å². The molecule has 0 unspecified atom stereocenters. The van der Waals surface area contributed by atoms with Crippen molar-refractivity contribution in [3.05, 3.63) is 60.2 Å². The highest BCUT2D eigenvalue weighted by atomic mass is 16.5. The normalized spacial score (nSPS) is 18.5. The molecule has 2 heterocycles. The third kappa shape index (κ3) is 3.49. The van der Waals surface area contributed by atoms with Crippen LogP contribution in [0.5, 0.6) is 5.75 Å². The Hall–Kier alpha value is -3.84. The lowest BCUT2D eigenvalue weighted by atomic mass is 9.93. The number of carbonyl (C=O) groups excluding carboxylic acids is 1. The van der Waals surface area contributed by atoms with Gasteiger partial charge >= 0.3 is 0 Å². The molecule has 7 heteroatoms. The molecule has 1 aliphatic carbocycles. The number of aromatic nitrogens is 1. The van der Waals surface area contributed by atoms with E-state index in [0.717, 1.165) is 47.6 Å². The van der Waals surface area contributed by atoms with E-state index in [1.165, 1.54) is 0 Å². The Morgan fingerprint density at radius 1 is 1.03 bits per heavy atom. The van der Waals surface area contributed by atoms with Crippen LogP contribution in [0.25, 0.3) is 44.5 Å². The first kappa shape index (κ1) is 20.7. The largest absolute Gasteiger partial charge is 0.493 e. The molecule has 1 saturated carbocycles. The molecule has 1 amide bonds. The summed E-state index contributed by atoms with van der Waals surface area (Å²) in [6.07, 6.45) is 2.76. The molecule has 0 bridgehead atoms. The van der Waals surface area contributed by atoms with Gasteiger partial charge in [0.1, 0.15) is 11.1 Å². The second kappa shape index (κ2) is 8.18. The van der Waals surface area contributed by atoms with Gasteiger partial charge in [0.15, 0.2) is 16.9 Å². The third-order valence-electron chi connectivity index (χ3n) is 6.62. The Bertz CT molecular complexity index is 1520. The van der Waals surface area contributed by atoms with Gasteiger partial charge in [-0.2, -0.15) is 0 Å². The van der Waals surface area contributed by atoms with Crippen LogP contribution in [0.4, 0.5) is 0 Å². The summed E-state index contributed by atoms with van der Waals surface area (Å²) < 4.78 is 17.7. The summed E-state index contributed by atoms with van der Waals surface area (Å²) in [5.74, 6) is 0.953. The maximum atomic E-state index is 12.8. The predicted octanol–water partition coefficient (Wildman–Crippen LogP) is 5.44. The summed E-state index contributed by atoms with van der Waals surface area (Å²) in [6, 6.07) is 16.9. The van der Waals surface area contributed by atoms with E-state index in [-0.39, 0.29) is 18.1 Å². The molecule has 5 aromatic rings. The minimum Gasteiger partial charge on any atom is -0.493 e. The second-order valence-electron chi connectivity index (χ2n) is 8.80. The standard InChI is InChI=1S/C27H24N2O5/c1-32-23-13-11-19(24-18-4-2-3-5-21(18)33-25(23)24)27-29-20-14-15(6-12-22(20)34-27)26(31)28-16-7-9-17(30)10-8-16/h2-6,11-14,16-17,30H,7-10H2,1H3,(H,28,31). The van der Waals surface area contributed by atoms with E-state index < -0.39 is 0 Å². The summed E-state index contributed by atoms with van der Waals surface area (Å²) in [6.45, 7) is 0. The molecule has 0 saturated heterocycles. The van der Waals surface area contributed by atoms with Crippen LogP contribution in [-0.2, 0) is 0 Å². The molecule has 0 radical (unpaired) electrons. The molecule has 2 N–H and O–H groups in total. The monoisotopic (exact) mass is 456 g/mol. The number of methoxy groups -OCH3 is 1. The van der Waals surface area contributed by atoms with Crippen LogP contribution in [0.15, 0.2) is 63.4 Å². The van der Waals surface area contributed by atoms with Crippen LogP contribution >= 0.6 is 0 Å². The van der Waals surface area contributed by atoms with Gasteiger partial charge in [-0.15, -0.1) is 0 Å². The molecule has 2 aromatic heterocycles. The van der Waals surface area contributed by atoms with Gasteiger partial charge in [-0.05, 0) is 62.1 Å². The number of hydrogen-bond acceptors (Lipinski definition) is 6. The van der Waals surface area contributed by atoms with Crippen molar-refractivity contribution >= 4 is 38.9 Å². The molecule has 3 aromatic carbocycles. The van der Waals surface area contributed by atoms with Crippen LogP contribution in [-0.4, -0.2) is 35.3 Å². The number of hydrogen-bond donors (Lipinski definition) is 2. The maximum Gasteiger partial charge on any atom is 0.251 e. The van der Waals surface area contributed by atoms with Crippen molar-refractivity contribution in [1.29, 1.82) is 0 Å². The highest BCUT2D eigenvalue weighted by molar-refractivity contribution is 6.13. The van der Waals surface area contributed by atoms with Gasteiger partial charge in [-0.3, -0.25) is 4.79 Å². The Labute approximate surface area is 195 Å². The molecular weight excluding hydrogens is 432 g/mol. The number of ether oxygens (including phenoxy) is 1. The number of fused-ring (bicyclic) bond motifs is 4. The van der Waals surface area contributed by atoms with E-state index in [0.29, 0.717) is 33.9 Å². The minimum atomic E-state index is -0.255. The number of furan rings is 1. The number of nitrogens with zero attached hydrogens (tertiary/aromatic N) is 1. The fraction of sp³-hybridized carbons (Fsp3) is 0.259. The zero-order valence-electron chi connectivity index (χ0n) is 18.7. The van der Waals surface area contributed by atoms with Gasteiger partial charge in [0.2, 0.25) is 5.89 Å². The number of para-hydroxylation sites is 1. The molecule has 0 spiro atoms. The number of nitrogens with one attached hydrogen (secondary N) is 1. The molecule has 1 fully saturated rings. The molecule has 0 atom stereocenters. The number of carbonyl (C=O) groups is 1. The van der Waals surface area contributed by atoms with Crippen molar-refractivity contribution in [2.45, 2.75) is 37.8 Å². The summed E-state index contributed by atoms with van der Waals surface area (Å²) in [5, 5.41) is 14.6. The fourth-order valence-corrected chi connectivity index (χ4v) is 4.82. The van der Waals surface area contributed by atoms with E-state index >= 15 is 0 Å². The van der Waals surface area contributed by atoms with Crippen LogP contribution in [0.3, 0.4) is 0 Å². The van der Waals surface area contributed by atoms with E-state index in [1.807, 2.05) is 36.4 Å². The first-order chi connectivity index (χ1) is 16.6. The Morgan fingerprint density at radius 3 is 2.68 bits per heavy atom. The summed E-state index contributed by atoms with van der Waals surface area (Å²) in [4.78, 5) is 17.5. The molecule has 7 nitrogen and oxygen atoms in total. The SMILES string of the molecule is COc1ccc(-c2nc3cc(C(=O)NC4CCC(O)CC4)ccc3o2)c2c1oc1ccccc12. The Balaban J connectivity index is 1.38. The third-order valence-corrected chi connectivity index (χ3v) is 6.62. The summed E-state index contributed by atoms with van der Waals surface area (Å²) in [5.41, 5.74) is 3.94. The minimum absolute atomic E-state index is 0.0846. The number of aliphatic hydroxyl groups excluding tert-OH is 1. The van der Waals surface area contributed by atoms with Crippen LogP contribution in [0, 0.1) is 0 Å². The van der Waals surface area contributed by atoms with Crippen LogP contribution in [0.2, 0.25) is 0 Å². The number of benzene rings is 3. The van der Waals surface area contributed by atoms with Gasteiger partial charge in [0, 0.05) is 27.9 Å². The average molecular weight is 456 g/mol. The highest BCUT2D eigenvalue weighted by Gasteiger charge is 2.23. The van der Waals surface area contributed by atoms with Crippen molar-refractivity contribution in [2.24, 2.45) is 0 Å². The highest BCUT2D eigenvalue weighted by Crippen LogP contribution is 2.41. The summed E-state index contributed by atoms with van der Waals surface area (Å²) >= 11 is 0. The fourth-order valence-electron chi connectivity index (χ4n) is 4.82. The average Bonchev–Trinajstić information content (AvgIpc) is 3.46. The Morgan fingerprint density at radius 2 is 1.85 bits per heavy atom. The lowest BCUT2D eigenvalue weighted by Crippen LogP contribution is -2.38. The van der Waals surface area contributed by atoms with E-state index in [2.05, 4.69) is 5.32 Å². The Kier molecular flexibility index (Phi) is 4.99. The van der Waals surface area contributed by atoms with Crippen molar-refractivity contribution in [3.8, 4) is 17.2 Å². The quantitative estimate of drug-likeness (QED) is 0.374. The number of rotatable bonds is 4. The molecular formula is C27H24N2O5. The second-order valence-corrected chi connectivity index (χ2v) is 8.80. The zero-order chi connectivity index (χ0) is 23.2. The molecule has 6 rings (SSSR count). The zero-order valence-corrected chi connectivity index (χ0v) is 18.7. The molecule has 0 aliphatic heterocycles. The van der Waals surface area contributed by atoms with Crippen molar-refractivity contribution in [1.82, 2.24) is 10.3 Å². The van der Waals surface area contributed by atoms with Gasteiger partial charge in [0.25, 0.3) is 5.91 Å². The molecule has 1 aliphatic rings. The lowest BCUT2D eigenvalue weighted by molar-refractivity contribution is 0.0867. The van der Waals surface area contributed by atoms with Gasteiger partial charge in [-0.1, -0.05) is 18.2 Å². The van der Waals surface area contributed by atoms with Gasteiger partial charge in [0.05, 0.1) is 13.2 Å². The topological polar surface area (TPSA) is 97.7 Å². The molecule has 172 valence electrons. The van der Waals surface area contributed by atoms with Crippen LogP contribution in [0.1, 0.15) is 36.0 Å². The maximum absolute atomic E-state index is 12.8. The number of amides is 1. The smallest absolute Gasteiger partial charge is 0.251 e. The first-order valence-corrected chi connectivity index (χ1v) is 11.5. The van der Waals surface area contributed by atoms with Crippen LogP contribution < -0.4 is 10.1 Å². The summed E-state index contributed by atoms with van der Waals surface area (Å²) in [7, 11) is 1.61. The van der Waals surface area contributed by atoms with E-state index in [1.54, 1.807) is 25.3 Å². The van der Waals surface area contributed by atoms with Crippen molar-refractivity contribution in [2.75, 3.05) is 7.11 Å². The first-order valence-electron chi connectivity index (χ1n) is 11.5. The number of oxazole rings is 1. The molecule has 34 heavy (non-hydrogen) atoms. The predicted molar refractivity (Wildman–Crippen MR) is 129 cm³/mol. The number of aliphatic hydroxyl groups is 1. The van der Waals surface area contributed by atoms with Crippen molar-refractivity contribution < 1.29 is 23.5 Å². The van der Waals surface area contributed by atoms with E-state index in [4.69, 9.17) is 18.6 Å². The van der Waals surface area contributed by atoms with E-state index in [9.17, 15) is 9.90 Å².